The van der Waals surface area contributed by atoms with Crippen LogP contribution >= 0.6 is 11.6 Å². The fourth-order valence-corrected chi connectivity index (χ4v) is 5.61. The van der Waals surface area contributed by atoms with Crippen LogP contribution in [-0.4, -0.2) is 67.4 Å². The Morgan fingerprint density at radius 3 is 2.31 bits per heavy atom. The summed E-state index contributed by atoms with van der Waals surface area (Å²) in [6, 6.07) is 18.7. The number of aliphatic hydroxyl groups excluding tert-OH is 1. The van der Waals surface area contributed by atoms with Gasteiger partial charge in [-0.05, 0) is 41.0 Å². The summed E-state index contributed by atoms with van der Waals surface area (Å²) in [6.07, 6.45) is -0.505. The lowest BCUT2D eigenvalue weighted by molar-refractivity contribution is 0.00706. The highest BCUT2D eigenvalue weighted by atomic mass is 35.5. The summed E-state index contributed by atoms with van der Waals surface area (Å²) < 4.78 is 40.6. The molecule has 4 aromatic rings. The first kappa shape index (κ1) is 23.4. The summed E-state index contributed by atoms with van der Waals surface area (Å²) in [4.78, 5) is 8.01. The Balaban J connectivity index is 1.23. The van der Waals surface area contributed by atoms with E-state index in [4.69, 9.17) is 25.8 Å². The van der Waals surface area contributed by atoms with Gasteiger partial charge in [0, 0.05) is 11.8 Å². The molecule has 36 heavy (non-hydrogen) atoms. The number of hydrogen-bond acceptors (Lipinski definition) is 7. The number of halogens is 1. The molecular formula is C26H23ClN2O6S. The second-order valence-electron chi connectivity index (χ2n) is 9.08. The first-order chi connectivity index (χ1) is 17.3. The molecule has 2 saturated heterocycles. The number of sulfone groups is 1. The molecule has 10 heteroatoms. The largest absolute Gasteiger partial charge is 0.456 e. The van der Waals surface area contributed by atoms with Gasteiger partial charge in [-0.1, -0.05) is 48.0 Å². The fraction of sp³-hybridized carbons (Fsp3) is 0.269. The number of hydrogen-bond donors (Lipinski definition) is 2. The van der Waals surface area contributed by atoms with E-state index < -0.39 is 15.9 Å². The van der Waals surface area contributed by atoms with Crippen LogP contribution in [-0.2, 0) is 19.3 Å². The zero-order valence-electron chi connectivity index (χ0n) is 19.2. The summed E-state index contributed by atoms with van der Waals surface area (Å²) in [5, 5.41) is 10.5. The molecule has 0 aliphatic carbocycles. The molecule has 2 fully saturated rings. The molecular weight excluding hydrogens is 504 g/mol. The van der Waals surface area contributed by atoms with Crippen LogP contribution in [0.5, 0.6) is 6.01 Å². The predicted octanol–water partition coefficient (Wildman–Crippen LogP) is 3.86. The highest BCUT2D eigenvalue weighted by molar-refractivity contribution is 7.90. The fourth-order valence-electron chi connectivity index (χ4n) is 4.71. The number of aromatic amines is 1. The van der Waals surface area contributed by atoms with Crippen LogP contribution in [0.3, 0.4) is 0 Å². The minimum absolute atomic E-state index is 0.235. The van der Waals surface area contributed by atoms with Crippen molar-refractivity contribution >= 4 is 32.5 Å². The monoisotopic (exact) mass is 526 g/mol. The highest BCUT2D eigenvalue weighted by Gasteiger charge is 2.48. The third-order valence-electron chi connectivity index (χ3n) is 6.61. The van der Waals surface area contributed by atoms with Crippen LogP contribution in [0.2, 0.25) is 5.02 Å². The minimum Gasteiger partial charge on any atom is -0.456 e. The van der Waals surface area contributed by atoms with Crippen LogP contribution < -0.4 is 4.74 Å². The molecule has 0 saturated carbocycles. The van der Waals surface area contributed by atoms with E-state index in [2.05, 4.69) is 9.97 Å². The molecule has 186 valence electrons. The maximum Gasteiger partial charge on any atom is 0.295 e. The van der Waals surface area contributed by atoms with E-state index in [0.717, 1.165) is 27.8 Å². The van der Waals surface area contributed by atoms with Gasteiger partial charge in [0.15, 0.2) is 15.9 Å². The van der Waals surface area contributed by atoms with Gasteiger partial charge in [0.2, 0.25) is 0 Å². The molecule has 0 spiro atoms. The number of nitrogens with zero attached hydrogens (tertiary/aromatic N) is 1. The van der Waals surface area contributed by atoms with Gasteiger partial charge >= 0.3 is 0 Å². The summed E-state index contributed by atoms with van der Waals surface area (Å²) >= 11 is 6.61. The zero-order valence-corrected chi connectivity index (χ0v) is 20.8. The van der Waals surface area contributed by atoms with E-state index in [-0.39, 0.29) is 24.9 Å². The lowest BCUT2D eigenvalue weighted by atomic mass is 10.00. The molecule has 3 aromatic carbocycles. The van der Waals surface area contributed by atoms with Crippen molar-refractivity contribution < 1.29 is 27.7 Å². The lowest BCUT2D eigenvalue weighted by Crippen LogP contribution is -2.34. The predicted molar refractivity (Wildman–Crippen MR) is 135 cm³/mol. The highest BCUT2D eigenvalue weighted by Crippen LogP contribution is 2.35. The van der Waals surface area contributed by atoms with Crippen molar-refractivity contribution in [2.45, 2.75) is 29.3 Å². The van der Waals surface area contributed by atoms with E-state index in [1.807, 2.05) is 36.4 Å². The van der Waals surface area contributed by atoms with Gasteiger partial charge < -0.3 is 24.3 Å². The van der Waals surface area contributed by atoms with Crippen molar-refractivity contribution in [3.8, 4) is 28.3 Å². The molecule has 0 amide bonds. The molecule has 2 N–H and O–H groups in total. The Hall–Kier alpha value is -2.95. The smallest absolute Gasteiger partial charge is 0.295 e. The minimum atomic E-state index is -3.23. The van der Waals surface area contributed by atoms with Crippen LogP contribution in [0.4, 0.5) is 0 Å². The molecule has 0 radical (unpaired) electrons. The lowest BCUT2D eigenvalue weighted by Gasteiger charge is -2.15. The van der Waals surface area contributed by atoms with Crippen LogP contribution in [0.25, 0.3) is 33.3 Å². The Bertz CT molecular complexity index is 1540. The third-order valence-corrected chi connectivity index (χ3v) is 8.05. The average Bonchev–Trinajstić information content (AvgIpc) is 3.55. The Labute approximate surface area is 212 Å². The van der Waals surface area contributed by atoms with Crippen molar-refractivity contribution in [2.75, 3.05) is 19.5 Å². The SMILES string of the molecule is CS(=O)(=O)c1ccc(-c2ccc(-c3cc4nc(O[C@@H]5CO[C@H]6[C@@H]5OC[C@H]6O)[nH]c4cc3Cl)cc2)cc1. The second-order valence-corrected chi connectivity index (χ2v) is 11.5. The molecule has 4 atom stereocenters. The van der Waals surface area contributed by atoms with Gasteiger partial charge in [-0.3, -0.25) is 0 Å². The Morgan fingerprint density at radius 2 is 1.61 bits per heavy atom. The molecule has 0 unspecified atom stereocenters. The van der Waals surface area contributed by atoms with E-state index in [1.165, 1.54) is 6.26 Å². The number of imidazole rings is 1. The average molecular weight is 527 g/mol. The summed E-state index contributed by atoms with van der Waals surface area (Å²) in [5.41, 5.74) is 5.07. The summed E-state index contributed by atoms with van der Waals surface area (Å²) in [6.45, 7) is 0.553. The van der Waals surface area contributed by atoms with Gasteiger partial charge in [-0.15, -0.1) is 0 Å². The number of aromatic nitrogens is 2. The molecule has 3 heterocycles. The van der Waals surface area contributed by atoms with Gasteiger partial charge in [0.05, 0.1) is 34.2 Å². The first-order valence-corrected chi connectivity index (χ1v) is 13.7. The standard InChI is InChI=1S/C26H23ClN2O6S/c1-36(31,32)17-8-6-15(7-9-17)14-2-4-16(5-3-14)18-10-20-21(11-19(18)27)29-26(28-20)35-23-13-34-24-22(30)12-33-25(23)24/h2-11,22-25,30H,12-13H2,1H3,(H,28,29)/t22-,23-,24-,25-/m1/s1. The molecule has 0 bridgehead atoms. The molecule has 1 aromatic heterocycles. The van der Waals surface area contributed by atoms with Crippen molar-refractivity contribution in [1.82, 2.24) is 9.97 Å². The molecule has 2 aliphatic heterocycles. The van der Waals surface area contributed by atoms with Gasteiger partial charge in [0.1, 0.15) is 18.3 Å². The van der Waals surface area contributed by atoms with E-state index in [1.54, 1.807) is 24.3 Å². The van der Waals surface area contributed by atoms with Crippen LogP contribution in [0.15, 0.2) is 65.6 Å². The number of H-pyrrole nitrogens is 1. The van der Waals surface area contributed by atoms with Crippen LogP contribution in [0, 0.1) is 0 Å². The quantitative estimate of drug-likeness (QED) is 0.406. The van der Waals surface area contributed by atoms with Crippen molar-refractivity contribution in [3.63, 3.8) is 0 Å². The zero-order chi connectivity index (χ0) is 25.0. The molecule has 6 rings (SSSR count). The molecule has 8 nitrogen and oxygen atoms in total. The van der Waals surface area contributed by atoms with E-state index in [0.29, 0.717) is 28.1 Å². The van der Waals surface area contributed by atoms with Crippen LogP contribution in [0.1, 0.15) is 0 Å². The Kier molecular flexibility index (Phi) is 5.77. The van der Waals surface area contributed by atoms with Crippen molar-refractivity contribution in [2.24, 2.45) is 0 Å². The number of ether oxygens (including phenoxy) is 3. The Morgan fingerprint density at radius 1 is 0.972 bits per heavy atom. The molecule has 2 aliphatic rings. The van der Waals surface area contributed by atoms with Gasteiger partial charge in [-0.25, -0.2) is 8.42 Å². The second kappa shape index (κ2) is 8.86. The van der Waals surface area contributed by atoms with E-state index >= 15 is 0 Å². The maximum atomic E-state index is 11.7. The summed E-state index contributed by atoms with van der Waals surface area (Å²) in [5.74, 6) is 0. The number of benzene rings is 3. The summed E-state index contributed by atoms with van der Waals surface area (Å²) in [7, 11) is -3.23. The normalized spacial score (nSPS) is 23.8. The van der Waals surface area contributed by atoms with Gasteiger partial charge in [0.25, 0.3) is 6.01 Å². The number of aliphatic hydroxyl groups is 1. The van der Waals surface area contributed by atoms with Crippen molar-refractivity contribution in [3.05, 3.63) is 65.7 Å². The number of fused-ring (bicyclic) bond motifs is 2. The maximum absolute atomic E-state index is 11.7. The number of rotatable bonds is 5. The van der Waals surface area contributed by atoms with Gasteiger partial charge in [-0.2, -0.15) is 4.98 Å². The van der Waals surface area contributed by atoms with Crippen molar-refractivity contribution in [1.29, 1.82) is 0 Å². The first-order valence-electron chi connectivity index (χ1n) is 11.4. The topological polar surface area (TPSA) is 111 Å². The number of nitrogens with one attached hydrogen (secondary N) is 1. The third kappa shape index (κ3) is 4.27. The van der Waals surface area contributed by atoms with E-state index in [9.17, 15) is 13.5 Å².